The van der Waals surface area contributed by atoms with Gasteiger partial charge in [-0.3, -0.25) is 14.9 Å². The minimum Gasteiger partial charge on any atom is -0.451 e. The summed E-state index contributed by atoms with van der Waals surface area (Å²) in [6, 6.07) is 16.4. The number of sulfonamides is 1. The summed E-state index contributed by atoms with van der Waals surface area (Å²) in [4.78, 5) is 25.1. The van der Waals surface area contributed by atoms with Crippen molar-refractivity contribution in [3.63, 3.8) is 0 Å². The molecule has 0 aliphatic carbocycles. The Kier molecular flexibility index (Phi) is 6.16. The maximum atomic E-state index is 12.6. The number of nitro benzene ring substituents is 1. The molecule has 11 heteroatoms. The molecule has 1 fully saturated rings. The fourth-order valence-corrected chi connectivity index (χ4v) is 4.44. The van der Waals surface area contributed by atoms with Crippen molar-refractivity contribution in [3.8, 4) is 11.3 Å². The molecule has 2 heterocycles. The SMILES string of the molecule is CS(=O)(=O)N1CCN(c2ccc(NC(=O)c3ccc(-c4cccc([N+](=O)[O-])c4)o3)cc2)CC1. The molecule has 1 aliphatic heterocycles. The van der Waals surface area contributed by atoms with Gasteiger partial charge in [0.1, 0.15) is 5.76 Å². The fraction of sp³-hybridized carbons (Fsp3) is 0.227. The van der Waals surface area contributed by atoms with Crippen molar-refractivity contribution in [2.45, 2.75) is 0 Å². The zero-order valence-corrected chi connectivity index (χ0v) is 18.6. The van der Waals surface area contributed by atoms with Crippen molar-refractivity contribution in [1.82, 2.24) is 4.31 Å². The average molecular weight is 471 g/mol. The number of nitrogens with one attached hydrogen (secondary N) is 1. The van der Waals surface area contributed by atoms with Crippen LogP contribution in [-0.2, 0) is 10.0 Å². The lowest BCUT2D eigenvalue weighted by Crippen LogP contribution is -2.48. The molecule has 33 heavy (non-hydrogen) atoms. The van der Waals surface area contributed by atoms with Gasteiger partial charge >= 0.3 is 0 Å². The lowest BCUT2D eigenvalue weighted by Gasteiger charge is -2.34. The number of nitrogens with zero attached hydrogens (tertiary/aromatic N) is 3. The quantitative estimate of drug-likeness (QED) is 0.433. The van der Waals surface area contributed by atoms with E-state index in [4.69, 9.17) is 4.42 Å². The minimum absolute atomic E-state index is 0.0623. The van der Waals surface area contributed by atoms with Gasteiger partial charge in [-0.2, -0.15) is 4.31 Å². The number of rotatable bonds is 6. The number of hydrogen-bond donors (Lipinski definition) is 1. The maximum Gasteiger partial charge on any atom is 0.291 e. The van der Waals surface area contributed by atoms with E-state index in [1.807, 2.05) is 12.1 Å². The number of furan rings is 1. The Morgan fingerprint density at radius 1 is 1.03 bits per heavy atom. The van der Waals surface area contributed by atoms with Gasteiger partial charge in [-0.1, -0.05) is 12.1 Å². The first kappa shape index (κ1) is 22.5. The molecule has 172 valence electrons. The van der Waals surface area contributed by atoms with Gasteiger partial charge in [0.2, 0.25) is 10.0 Å². The topological polar surface area (TPSA) is 126 Å². The van der Waals surface area contributed by atoms with Crippen LogP contribution in [0.3, 0.4) is 0 Å². The molecule has 1 N–H and O–H groups in total. The summed E-state index contributed by atoms with van der Waals surface area (Å²) >= 11 is 0. The van der Waals surface area contributed by atoms with Gasteiger partial charge in [0, 0.05) is 55.2 Å². The van der Waals surface area contributed by atoms with Crippen molar-refractivity contribution >= 4 is 33.0 Å². The number of anilines is 2. The van der Waals surface area contributed by atoms with E-state index in [2.05, 4.69) is 10.2 Å². The van der Waals surface area contributed by atoms with Gasteiger partial charge in [-0.25, -0.2) is 8.42 Å². The Balaban J connectivity index is 1.39. The largest absolute Gasteiger partial charge is 0.451 e. The van der Waals surface area contributed by atoms with Crippen molar-refractivity contribution in [2.24, 2.45) is 0 Å². The molecule has 2 aromatic carbocycles. The van der Waals surface area contributed by atoms with E-state index in [1.165, 1.54) is 28.8 Å². The first-order valence-electron chi connectivity index (χ1n) is 10.2. The Bertz CT molecular complexity index is 1280. The fourth-order valence-electron chi connectivity index (χ4n) is 3.61. The summed E-state index contributed by atoms with van der Waals surface area (Å²) in [6.07, 6.45) is 1.21. The van der Waals surface area contributed by atoms with Gasteiger partial charge in [-0.05, 0) is 36.4 Å². The van der Waals surface area contributed by atoms with Crippen molar-refractivity contribution < 1.29 is 22.6 Å². The number of carbonyl (C=O) groups is 1. The predicted octanol–water partition coefficient (Wildman–Crippen LogP) is 3.19. The third-order valence-corrected chi connectivity index (χ3v) is 6.67. The molecule has 0 spiro atoms. The monoisotopic (exact) mass is 470 g/mol. The molecule has 0 radical (unpaired) electrons. The van der Waals surface area contributed by atoms with Crippen LogP contribution in [0.5, 0.6) is 0 Å². The van der Waals surface area contributed by atoms with Gasteiger partial charge in [0.25, 0.3) is 11.6 Å². The van der Waals surface area contributed by atoms with Crippen LogP contribution < -0.4 is 10.2 Å². The highest BCUT2D eigenvalue weighted by molar-refractivity contribution is 7.88. The highest BCUT2D eigenvalue weighted by Gasteiger charge is 2.23. The molecule has 0 atom stereocenters. The van der Waals surface area contributed by atoms with Crippen LogP contribution in [0.2, 0.25) is 0 Å². The molecule has 10 nitrogen and oxygen atoms in total. The van der Waals surface area contributed by atoms with E-state index in [9.17, 15) is 23.3 Å². The molecule has 1 aromatic heterocycles. The minimum atomic E-state index is -3.18. The van der Waals surface area contributed by atoms with Crippen LogP contribution in [0.4, 0.5) is 17.1 Å². The third-order valence-electron chi connectivity index (χ3n) is 5.37. The molecule has 1 saturated heterocycles. The zero-order chi connectivity index (χ0) is 23.6. The molecule has 0 unspecified atom stereocenters. The molecule has 3 aromatic rings. The van der Waals surface area contributed by atoms with Gasteiger partial charge in [-0.15, -0.1) is 0 Å². The van der Waals surface area contributed by atoms with Crippen LogP contribution >= 0.6 is 0 Å². The van der Waals surface area contributed by atoms with Crippen LogP contribution in [0, 0.1) is 10.1 Å². The summed E-state index contributed by atoms with van der Waals surface area (Å²) in [5.41, 5.74) is 1.95. The first-order chi connectivity index (χ1) is 15.7. The number of hydrogen-bond acceptors (Lipinski definition) is 7. The van der Waals surface area contributed by atoms with E-state index in [0.29, 0.717) is 43.2 Å². The maximum absolute atomic E-state index is 12.6. The summed E-state index contributed by atoms with van der Waals surface area (Å²) in [7, 11) is -3.18. The van der Waals surface area contributed by atoms with Crippen LogP contribution in [-0.4, -0.2) is 56.0 Å². The Labute approximate surface area is 190 Å². The Morgan fingerprint density at radius 2 is 1.73 bits per heavy atom. The summed E-state index contributed by atoms with van der Waals surface area (Å²) in [6.45, 7) is 2.04. The zero-order valence-electron chi connectivity index (χ0n) is 17.8. The Morgan fingerprint density at radius 3 is 2.36 bits per heavy atom. The standard InChI is InChI=1S/C22H22N4O6S/c1-33(30,31)25-13-11-24(12-14-25)18-7-5-17(6-8-18)23-22(27)21-10-9-20(32-21)16-3-2-4-19(15-16)26(28)29/h2-10,15H,11-14H2,1H3,(H,23,27). The summed E-state index contributed by atoms with van der Waals surface area (Å²) in [5.74, 6) is -0.00823. The Hall–Kier alpha value is -3.70. The molecule has 4 rings (SSSR count). The number of benzene rings is 2. The molecule has 1 amide bonds. The van der Waals surface area contributed by atoms with E-state index in [-0.39, 0.29) is 11.4 Å². The van der Waals surface area contributed by atoms with Gasteiger partial charge < -0.3 is 14.6 Å². The van der Waals surface area contributed by atoms with Crippen molar-refractivity contribution in [3.05, 3.63) is 76.5 Å². The number of non-ortho nitro benzene ring substituents is 1. The third kappa shape index (κ3) is 5.21. The molecule has 0 saturated carbocycles. The van der Waals surface area contributed by atoms with E-state index in [1.54, 1.807) is 30.3 Å². The summed E-state index contributed by atoms with van der Waals surface area (Å²) in [5, 5.41) is 13.7. The first-order valence-corrected chi connectivity index (χ1v) is 12.0. The van der Waals surface area contributed by atoms with E-state index in [0.717, 1.165) is 5.69 Å². The van der Waals surface area contributed by atoms with Gasteiger partial charge in [0.05, 0.1) is 11.2 Å². The van der Waals surface area contributed by atoms with Crippen LogP contribution in [0.25, 0.3) is 11.3 Å². The molecular weight excluding hydrogens is 448 g/mol. The number of amides is 1. The summed E-state index contributed by atoms with van der Waals surface area (Å²) < 4.78 is 30.4. The normalized spacial score (nSPS) is 14.8. The smallest absolute Gasteiger partial charge is 0.291 e. The number of piperazine rings is 1. The molecular formula is C22H22N4O6S. The average Bonchev–Trinajstić information content (AvgIpc) is 3.30. The van der Waals surface area contributed by atoms with Crippen molar-refractivity contribution in [1.29, 1.82) is 0 Å². The van der Waals surface area contributed by atoms with E-state index < -0.39 is 20.9 Å². The molecule has 1 aliphatic rings. The van der Waals surface area contributed by atoms with Crippen molar-refractivity contribution in [2.75, 3.05) is 42.7 Å². The second kappa shape index (κ2) is 9.04. The van der Waals surface area contributed by atoms with Crippen LogP contribution in [0.1, 0.15) is 10.6 Å². The second-order valence-corrected chi connectivity index (χ2v) is 9.60. The van der Waals surface area contributed by atoms with Crippen LogP contribution in [0.15, 0.2) is 65.1 Å². The number of nitro groups is 1. The highest BCUT2D eigenvalue weighted by Crippen LogP contribution is 2.26. The highest BCUT2D eigenvalue weighted by atomic mass is 32.2. The lowest BCUT2D eigenvalue weighted by atomic mass is 10.1. The second-order valence-electron chi connectivity index (χ2n) is 7.62. The predicted molar refractivity (Wildman–Crippen MR) is 124 cm³/mol. The van der Waals surface area contributed by atoms with Gasteiger partial charge in [0.15, 0.2) is 5.76 Å². The lowest BCUT2D eigenvalue weighted by molar-refractivity contribution is -0.384. The van der Waals surface area contributed by atoms with E-state index >= 15 is 0 Å². The number of carbonyl (C=O) groups excluding carboxylic acids is 1. The molecule has 0 bridgehead atoms.